The van der Waals surface area contributed by atoms with E-state index in [2.05, 4.69) is 32.5 Å². The summed E-state index contributed by atoms with van der Waals surface area (Å²) in [5.74, 6) is 0.768. The number of hydrogen-bond donors (Lipinski definition) is 2. The molecule has 0 atom stereocenters. The fourth-order valence-corrected chi connectivity index (χ4v) is 2.31. The first-order valence-corrected chi connectivity index (χ1v) is 6.96. The second-order valence-electron chi connectivity index (χ2n) is 4.95. The van der Waals surface area contributed by atoms with Gasteiger partial charge in [0, 0.05) is 12.7 Å². The van der Waals surface area contributed by atoms with Crippen LogP contribution in [0.4, 0.5) is 11.5 Å². The average Bonchev–Trinajstić information content (AvgIpc) is 2.88. The van der Waals surface area contributed by atoms with Crippen molar-refractivity contribution in [3.63, 3.8) is 0 Å². The van der Waals surface area contributed by atoms with Crippen LogP contribution in [0.5, 0.6) is 0 Å². The second-order valence-corrected chi connectivity index (χ2v) is 4.95. The summed E-state index contributed by atoms with van der Waals surface area (Å²) in [7, 11) is 1.87. The van der Waals surface area contributed by atoms with Crippen LogP contribution in [0.15, 0.2) is 36.8 Å². The van der Waals surface area contributed by atoms with E-state index in [4.69, 9.17) is 5.73 Å². The normalized spacial score (nSPS) is 11.0. The number of nitrogens with zero attached hydrogens (tertiary/aromatic N) is 4. The maximum Gasteiger partial charge on any atom is 0.163 e. The minimum Gasteiger partial charge on any atom is -0.340 e. The summed E-state index contributed by atoms with van der Waals surface area (Å²) in [5, 5.41) is 8.47. The van der Waals surface area contributed by atoms with Crippen molar-refractivity contribution in [1.29, 1.82) is 0 Å². The summed E-state index contributed by atoms with van der Waals surface area (Å²) in [6.45, 7) is 0.708. The molecular formula is C15H18N6. The Bertz CT molecular complexity index is 749. The molecule has 3 N–H and O–H groups in total. The molecule has 6 nitrogen and oxygen atoms in total. The van der Waals surface area contributed by atoms with Gasteiger partial charge in [-0.1, -0.05) is 12.1 Å². The molecule has 0 fully saturated rings. The Morgan fingerprint density at radius 2 is 2.19 bits per heavy atom. The quantitative estimate of drug-likeness (QED) is 0.748. The standard InChI is InChI=1S/C15H18N6/c1-21-15-13(9-19-21)14(17-10-18-15)20-12-6-2-4-11(8-12)5-3-7-16/h2,4,6,8-10H,3,5,7,16H2,1H3,(H,17,18,20). The van der Waals surface area contributed by atoms with Crippen LogP contribution in [-0.2, 0) is 13.5 Å². The van der Waals surface area contributed by atoms with Gasteiger partial charge in [-0.25, -0.2) is 9.97 Å². The van der Waals surface area contributed by atoms with Gasteiger partial charge in [-0.15, -0.1) is 0 Å². The van der Waals surface area contributed by atoms with E-state index in [9.17, 15) is 0 Å². The predicted octanol–water partition coefficient (Wildman–Crippen LogP) is 2.00. The number of rotatable bonds is 5. The van der Waals surface area contributed by atoms with Crippen LogP contribution in [0.2, 0.25) is 0 Å². The topological polar surface area (TPSA) is 81.7 Å². The Hall–Kier alpha value is -2.47. The Morgan fingerprint density at radius 1 is 1.29 bits per heavy atom. The highest BCUT2D eigenvalue weighted by molar-refractivity contribution is 5.88. The molecule has 1 aromatic carbocycles. The van der Waals surface area contributed by atoms with Crippen molar-refractivity contribution in [2.24, 2.45) is 12.8 Å². The summed E-state index contributed by atoms with van der Waals surface area (Å²) in [5.41, 5.74) is 8.65. The summed E-state index contributed by atoms with van der Waals surface area (Å²) in [4.78, 5) is 8.55. The van der Waals surface area contributed by atoms with Gasteiger partial charge in [0.2, 0.25) is 0 Å². The highest BCUT2D eigenvalue weighted by Crippen LogP contribution is 2.23. The van der Waals surface area contributed by atoms with Crippen molar-refractivity contribution in [3.8, 4) is 0 Å². The Kier molecular flexibility index (Phi) is 3.79. The van der Waals surface area contributed by atoms with Crippen LogP contribution in [0.3, 0.4) is 0 Å². The lowest BCUT2D eigenvalue weighted by Gasteiger charge is -2.08. The number of nitrogens with one attached hydrogen (secondary N) is 1. The minimum atomic E-state index is 0.708. The summed E-state index contributed by atoms with van der Waals surface area (Å²) >= 11 is 0. The fraction of sp³-hybridized carbons (Fsp3) is 0.267. The highest BCUT2D eigenvalue weighted by Gasteiger charge is 2.08. The van der Waals surface area contributed by atoms with E-state index in [1.165, 1.54) is 5.56 Å². The maximum atomic E-state index is 5.56. The molecule has 0 amide bonds. The molecule has 2 aromatic heterocycles. The number of hydrogen-bond acceptors (Lipinski definition) is 5. The van der Waals surface area contributed by atoms with Gasteiger partial charge in [-0.2, -0.15) is 5.10 Å². The van der Waals surface area contributed by atoms with Gasteiger partial charge in [0.05, 0.1) is 11.6 Å². The zero-order valence-corrected chi connectivity index (χ0v) is 12.0. The molecule has 0 bridgehead atoms. The molecule has 0 radical (unpaired) electrons. The van der Waals surface area contributed by atoms with Gasteiger partial charge in [0.15, 0.2) is 5.65 Å². The molecule has 3 rings (SSSR count). The van der Waals surface area contributed by atoms with E-state index < -0.39 is 0 Å². The number of fused-ring (bicyclic) bond motifs is 1. The van der Waals surface area contributed by atoms with E-state index in [1.54, 1.807) is 17.2 Å². The van der Waals surface area contributed by atoms with Crippen molar-refractivity contribution in [2.75, 3.05) is 11.9 Å². The third kappa shape index (κ3) is 2.85. The summed E-state index contributed by atoms with van der Waals surface area (Å²) in [6.07, 6.45) is 5.29. The molecular weight excluding hydrogens is 264 g/mol. The van der Waals surface area contributed by atoms with Crippen LogP contribution < -0.4 is 11.1 Å². The minimum absolute atomic E-state index is 0.708. The first-order valence-electron chi connectivity index (χ1n) is 6.96. The lowest BCUT2D eigenvalue weighted by Crippen LogP contribution is -2.01. The molecule has 21 heavy (non-hydrogen) atoms. The molecule has 0 aliphatic heterocycles. The monoisotopic (exact) mass is 282 g/mol. The maximum absolute atomic E-state index is 5.56. The van der Waals surface area contributed by atoms with Crippen LogP contribution in [-0.4, -0.2) is 26.3 Å². The molecule has 0 aliphatic carbocycles. The Morgan fingerprint density at radius 3 is 3.05 bits per heavy atom. The first kappa shape index (κ1) is 13.5. The van der Waals surface area contributed by atoms with Crippen molar-refractivity contribution in [3.05, 3.63) is 42.4 Å². The first-order chi connectivity index (χ1) is 10.3. The molecule has 2 heterocycles. The summed E-state index contributed by atoms with van der Waals surface area (Å²) < 4.78 is 1.74. The number of nitrogens with two attached hydrogens (primary N) is 1. The van der Waals surface area contributed by atoms with Gasteiger partial charge >= 0.3 is 0 Å². The Balaban J connectivity index is 1.88. The molecule has 6 heteroatoms. The molecule has 3 aromatic rings. The largest absolute Gasteiger partial charge is 0.340 e. The number of anilines is 2. The van der Waals surface area contributed by atoms with Gasteiger partial charge in [0.1, 0.15) is 12.1 Å². The number of benzene rings is 1. The lowest BCUT2D eigenvalue weighted by atomic mass is 10.1. The number of aromatic nitrogens is 4. The predicted molar refractivity (Wildman–Crippen MR) is 83.4 cm³/mol. The molecule has 0 saturated carbocycles. The fourth-order valence-electron chi connectivity index (χ4n) is 2.31. The van der Waals surface area contributed by atoms with Crippen LogP contribution in [0, 0.1) is 0 Å². The molecule has 0 saturated heterocycles. The molecule has 0 spiro atoms. The summed E-state index contributed by atoms with van der Waals surface area (Å²) in [6, 6.07) is 8.30. The van der Waals surface area contributed by atoms with Crippen LogP contribution >= 0.6 is 0 Å². The average molecular weight is 282 g/mol. The van der Waals surface area contributed by atoms with Gasteiger partial charge in [-0.05, 0) is 37.1 Å². The van der Waals surface area contributed by atoms with Gasteiger partial charge < -0.3 is 11.1 Å². The van der Waals surface area contributed by atoms with Crippen molar-refractivity contribution < 1.29 is 0 Å². The smallest absolute Gasteiger partial charge is 0.163 e. The van der Waals surface area contributed by atoms with E-state index >= 15 is 0 Å². The van der Waals surface area contributed by atoms with Crippen LogP contribution in [0.25, 0.3) is 11.0 Å². The molecule has 0 unspecified atom stereocenters. The van der Waals surface area contributed by atoms with E-state index in [0.717, 1.165) is 35.4 Å². The van der Waals surface area contributed by atoms with Crippen molar-refractivity contribution in [1.82, 2.24) is 19.7 Å². The van der Waals surface area contributed by atoms with Gasteiger partial charge in [-0.3, -0.25) is 4.68 Å². The van der Waals surface area contributed by atoms with Crippen LogP contribution in [0.1, 0.15) is 12.0 Å². The third-order valence-corrected chi connectivity index (χ3v) is 3.39. The second kappa shape index (κ2) is 5.88. The zero-order chi connectivity index (χ0) is 14.7. The van der Waals surface area contributed by atoms with Crippen molar-refractivity contribution >= 4 is 22.5 Å². The molecule has 0 aliphatic rings. The lowest BCUT2D eigenvalue weighted by molar-refractivity contribution is 0.785. The van der Waals surface area contributed by atoms with E-state index in [1.807, 2.05) is 19.2 Å². The third-order valence-electron chi connectivity index (χ3n) is 3.39. The van der Waals surface area contributed by atoms with E-state index in [-0.39, 0.29) is 0 Å². The highest BCUT2D eigenvalue weighted by atomic mass is 15.3. The van der Waals surface area contributed by atoms with Gasteiger partial charge in [0.25, 0.3) is 0 Å². The molecule has 108 valence electrons. The van der Waals surface area contributed by atoms with E-state index in [0.29, 0.717) is 6.54 Å². The van der Waals surface area contributed by atoms with Crippen molar-refractivity contribution in [2.45, 2.75) is 12.8 Å². The zero-order valence-electron chi connectivity index (χ0n) is 12.0. The SMILES string of the molecule is Cn1ncc2c(Nc3cccc(CCCN)c3)ncnc21. The number of aryl methyl sites for hydroxylation is 2. The Labute approximate surface area is 123 Å².